The monoisotopic (exact) mass is 656 g/mol. The fourth-order valence-corrected chi connectivity index (χ4v) is 5.01. The molecule has 0 aromatic heterocycles. The van der Waals surface area contributed by atoms with Gasteiger partial charge in [0.2, 0.25) is 0 Å². The van der Waals surface area contributed by atoms with Gasteiger partial charge >= 0.3 is 0 Å². The molecule has 0 aliphatic rings. The van der Waals surface area contributed by atoms with Crippen LogP contribution in [0, 0.1) is 14.9 Å². The molecule has 0 unspecified atom stereocenters. The van der Waals surface area contributed by atoms with Crippen molar-refractivity contribution in [3.8, 4) is 17.6 Å². The van der Waals surface area contributed by atoms with Gasteiger partial charge in [-0.1, -0.05) is 29.3 Å². The zero-order valence-corrected chi connectivity index (χ0v) is 22.4. The summed E-state index contributed by atoms with van der Waals surface area (Å²) in [6.07, 6.45) is 1.52. The summed E-state index contributed by atoms with van der Waals surface area (Å²) in [4.78, 5) is 12.6. The molecule has 0 fully saturated rings. The summed E-state index contributed by atoms with van der Waals surface area (Å²) in [6.45, 7) is 0.257. The number of ether oxygens (including phenoxy) is 2. The van der Waals surface area contributed by atoms with Crippen LogP contribution < -0.4 is 14.8 Å². The minimum Gasteiger partial charge on any atom is -0.497 e. The normalized spacial score (nSPS) is 11.0. The van der Waals surface area contributed by atoms with E-state index in [1.165, 1.54) is 6.08 Å². The van der Waals surface area contributed by atoms with Crippen molar-refractivity contribution in [2.45, 2.75) is 6.61 Å². The largest absolute Gasteiger partial charge is 0.497 e. The molecule has 1 N–H and O–H groups in total. The molecule has 168 valence electrons. The van der Waals surface area contributed by atoms with E-state index in [1.54, 1.807) is 49.6 Å². The van der Waals surface area contributed by atoms with Crippen LogP contribution >= 0.6 is 61.7 Å². The molecule has 3 aromatic carbocycles. The predicted octanol–water partition coefficient (Wildman–Crippen LogP) is 7.49. The van der Waals surface area contributed by atoms with Crippen LogP contribution in [-0.4, -0.2) is 13.0 Å². The SMILES string of the molecule is COc1ccc(NC(=O)/C(C#N)=C\c2cc(Br)c(OCc3ccc(Cl)cc3Cl)c(I)c2)cc1. The van der Waals surface area contributed by atoms with Gasteiger partial charge in [0.1, 0.15) is 29.7 Å². The van der Waals surface area contributed by atoms with Crippen molar-refractivity contribution in [3.63, 3.8) is 0 Å². The molecule has 0 bridgehead atoms. The Morgan fingerprint density at radius 1 is 1.18 bits per heavy atom. The van der Waals surface area contributed by atoms with Crippen LogP contribution in [0.4, 0.5) is 5.69 Å². The standard InChI is InChI=1S/C24H16BrCl2IN2O3/c1-32-19-6-4-18(5-7-19)30-24(31)16(12-29)8-14-9-20(25)23(22(28)10-14)33-13-15-2-3-17(26)11-21(15)27/h2-11H,13H2,1H3,(H,30,31)/b16-8-. The summed E-state index contributed by atoms with van der Waals surface area (Å²) < 4.78 is 12.5. The maximum atomic E-state index is 12.6. The summed E-state index contributed by atoms with van der Waals surface area (Å²) in [5, 5.41) is 13.3. The first-order valence-corrected chi connectivity index (χ1v) is 12.1. The van der Waals surface area contributed by atoms with Crippen LogP contribution in [0.25, 0.3) is 6.08 Å². The lowest BCUT2D eigenvalue weighted by Gasteiger charge is -2.13. The number of methoxy groups -OCH3 is 1. The lowest BCUT2D eigenvalue weighted by atomic mass is 10.1. The van der Waals surface area contributed by atoms with Crippen molar-refractivity contribution in [3.05, 3.63) is 89.4 Å². The number of carbonyl (C=O) groups is 1. The number of hydrogen-bond acceptors (Lipinski definition) is 4. The Morgan fingerprint density at radius 2 is 1.91 bits per heavy atom. The summed E-state index contributed by atoms with van der Waals surface area (Å²) in [7, 11) is 1.56. The molecule has 1 amide bonds. The highest BCUT2D eigenvalue weighted by molar-refractivity contribution is 14.1. The third-order valence-corrected chi connectivity index (χ3v) is 6.41. The average molecular weight is 658 g/mol. The number of rotatable bonds is 7. The molecule has 0 spiro atoms. The molecule has 0 saturated heterocycles. The van der Waals surface area contributed by atoms with E-state index in [0.717, 1.165) is 9.13 Å². The highest BCUT2D eigenvalue weighted by atomic mass is 127. The predicted molar refractivity (Wildman–Crippen MR) is 143 cm³/mol. The molecule has 0 saturated carbocycles. The van der Waals surface area contributed by atoms with Crippen LogP contribution in [0.5, 0.6) is 11.5 Å². The number of nitrogens with zero attached hydrogens (tertiary/aromatic N) is 1. The van der Waals surface area contributed by atoms with Crippen molar-refractivity contribution in [2.24, 2.45) is 0 Å². The van der Waals surface area contributed by atoms with Crippen molar-refractivity contribution < 1.29 is 14.3 Å². The third-order valence-electron chi connectivity index (χ3n) is 4.43. The quantitative estimate of drug-likeness (QED) is 0.162. The molecule has 3 aromatic rings. The maximum absolute atomic E-state index is 12.6. The Bertz CT molecular complexity index is 1230. The molecule has 0 aliphatic heterocycles. The van der Waals surface area contributed by atoms with E-state index < -0.39 is 5.91 Å². The van der Waals surface area contributed by atoms with Crippen molar-refractivity contribution in [1.29, 1.82) is 5.26 Å². The molecule has 0 heterocycles. The van der Waals surface area contributed by atoms with Crippen molar-refractivity contribution in [1.82, 2.24) is 0 Å². The molecule has 0 atom stereocenters. The molecular formula is C24H16BrCl2IN2O3. The van der Waals surface area contributed by atoms with Gasteiger partial charge in [-0.25, -0.2) is 0 Å². The van der Waals surface area contributed by atoms with E-state index in [9.17, 15) is 10.1 Å². The lowest BCUT2D eigenvalue weighted by Crippen LogP contribution is -2.13. The van der Waals surface area contributed by atoms with Gasteiger partial charge in [0.05, 0.1) is 15.2 Å². The minimum absolute atomic E-state index is 0.0323. The van der Waals surface area contributed by atoms with E-state index in [1.807, 2.05) is 18.2 Å². The Labute approximate surface area is 223 Å². The molecule has 9 heteroatoms. The zero-order valence-electron chi connectivity index (χ0n) is 17.2. The van der Waals surface area contributed by atoms with Crippen LogP contribution in [-0.2, 0) is 11.4 Å². The van der Waals surface area contributed by atoms with Crippen LogP contribution in [0.2, 0.25) is 10.0 Å². The number of amides is 1. The highest BCUT2D eigenvalue weighted by Gasteiger charge is 2.13. The number of nitrogens with one attached hydrogen (secondary N) is 1. The number of carbonyl (C=O) groups excluding carboxylic acids is 1. The van der Waals surface area contributed by atoms with Crippen molar-refractivity contribution >= 4 is 79.4 Å². The number of nitriles is 1. The minimum atomic E-state index is -0.508. The highest BCUT2D eigenvalue weighted by Crippen LogP contribution is 2.34. The second kappa shape index (κ2) is 11.7. The molecule has 0 radical (unpaired) electrons. The first kappa shape index (κ1) is 25.4. The number of anilines is 1. The number of hydrogen-bond donors (Lipinski definition) is 1. The van der Waals surface area contributed by atoms with Gasteiger partial charge in [-0.3, -0.25) is 4.79 Å². The van der Waals surface area contributed by atoms with E-state index >= 15 is 0 Å². The van der Waals surface area contributed by atoms with Crippen LogP contribution in [0.15, 0.2) is 64.6 Å². The Balaban J connectivity index is 1.76. The van der Waals surface area contributed by atoms with Gasteiger partial charge in [0.25, 0.3) is 5.91 Å². The van der Waals surface area contributed by atoms with E-state index in [2.05, 4.69) is 43.8 Å². The maximum Gasteiger partial charge on any atom is 0.266 e. The van der Waals surface area contributed by atoms with Gasteiger partial charge in [0.15, 0.2) is 0 Å². The van der Waals surface area contributed by atoms with Gasteiger partial charge in [0, 0.05) is 21.3 Å². The summed E-state index contributed by atoms with van der Waals surface area (Å²) >= 11 is 17.8. The zero-order chi connectivity index (χ0) is 24.0. The first-order valence-electron chi connectivity index (χ1n) is 9.43. The van der Waals surface area contributed by atoms with Crippen LogP contribution in [0.1, 0.15) is 11.1 Å². The fraction of sp³-hybridized carbons (Fsp3) is 0.0833. The first-order chi connectivity index (χ1) is 15.8. The van der Waals surface area contributed by atoms with Crippen molar-refractivity contribution in [2.75, 3.05) is 12.4 Å². The second-order valence-electron chi connectivity index (χ2n) is 6.69. The average Bonchev–Trinajstić information content (AvgIpc) is 2.78. The third kappa shape index (κ3) is 6.87. The van der Waals surface area contributed by atoms with Gasteiger partial charge in [-0.05, 0) is 98.7 Å². The number of benzene rings is 3. The molecule has 0 aliphatic carbocycles. The second-order valence-corrected chi connectivity index (χ2v) is 9.55. The summed E-state index contributed by atoms with van der Waals surface area (Å²) in [5.74, 6) is 0.788. The van der Waals surface area contributed by atoms with E-state index in [-0.39, 0.29) is 12.2 Å². The molecule has 3 rings (SSSR count). The molecular weight excluding hydrogens is 642 g/mol. The Hall–Kier alpha value is -2.25. The lowest BCUT2D eigenvalue weighted by molar-refractivity contribution is -0.112. The smallest absolute Gasteiger partial charge is 0.266 e. The summed E-state index contributed by atoms with van der Waals surface area (Å²) in [5.41, 5.74) is 2.00. The molecule has 33 heavy (non-hydrogen) atoms. The summed E-state index contributed by atoms with van der Waals surface area (Å²) in [6, 6.07) is 17.6. The fourth-order valence-electron chi connectivity index (χ4n) is 2.78. The van der Waals surface area contributed by atoms with E-state index in [4.69, 9.17) is 32.7 Å². The van der Waals surface area contributed by atoms with Crippen LogP contribution in [0.3, 0.4) is 0 Å². The Kier molecular flexibility index (Phi) is 9.03. The topological polar surface area (TPSA) is 71.3 Å². The molecule has 5 nitrogen and oxygen atoms in total. The Morgan fingerprint density at radius 3 is 2.52 bits per heavy atom. The number of halogens is 4. The van der Waals surface area contributed by atoms with Gasteiger partial charge in [-0.2, -0.15) is 5.26 Å². The van der Waals surface area contributed by atoms with Gasteiger partial charge < -0.3 is 14.8 Å². The van der Waals surface area contributed by atoms with E-state index in [0.29, 0.717) is 37.3 Å². The van der Waals surface area contributed by atoms with Gasteiger partial charge in [-0.15, -0.1) is 0 Å².